The lowest BCUT2D eigenvalue weighted by Gasteiger charge is -2.28. The van der Waals surface area contributed by atoms with E-state index in [0.29, 0.717) is 0 Å². The Hall–Kier alpha value is -1.22. The Kier molecular flexibility index (Phi) is 5.38. The number of halogens is 1. The normalized spacial score (nSPS) is 20.5. The Balaban J connectivity index is 2.17. The summed E-state index contributed by atoms with van der Waals surface area (Å²) in [6.45, 7) is 3.52. The van der Waals surface area contributed by atoms with Gasteiger partial charge in [-0.05, 0) is 44.8 Å². The Morgan fingerprint density at radius 1 is 1.50 bits per heavy atom. The van der Waals surface area contributed by atoms with Crippen molar-refractivity contribution in [2.75, 3.05) is 13.1 Å². The molecule has 9 heteroatoms. The summed E-state index contributed by atoms with van der Waals surface area (Å²) >= 11 is 5.89. The zero-order valence-corrected chi connectivity index (χ0v) is 13.7. The number of non-ortho nitro benzene ring substituents is 1. The second kappa shape index (κ2) is 6.91. The van der Waals surface area contributed by atoms with Gasteiger partial charge in [0, 0.05) is 18.2 Å². The van der Waals surface area contributed by atoms with Crippen molar-refractivity contribution < 1.29 is 13.3 Å². The first-order valence-corrected chi connectivity index (χ1v) is 8.84. The summed E-state index contributed by atoms with van der Waals surface area (Å²) in [6, 6.07) is 3.09. The molecule has 1 fully saturated rings. The van der Waals surface area contributed by atoms with E-state index in [1.807, 2.05) is 6.92 Å². The molecule has 1 aromatic carbocycles. The lowest BCUT2D eigenvalue weighted by Crippen LogP contribution is -2.44. The summed E-state index contributed by atoms with van der Waals surface area (Å²) in [5.41, 5.74) is -0.242. The summed E-state index contributed by atoms with van der Waals surface area (Å²) in [4.78, 5) is 9.91. The van der Waals surface area contributed by atoms with Gasteiger partial charge in [0.2, 0.25) is 10.0 Å². The third-order valence-electron chi connectivity index (χ3n) is 3.80. The Morgan fingerprint density at radius 2 is 2.23 bits per heavy atom. The Bertz CT molecular complexity index is 659. The number of benzene rings is 1. The van der Waals surface area contributed by atoms with Crippen LogP contribution in [0.2, 0.25) is 5.02 Å². The average Bonchev–Trinajstić information content (AvgIpc) is 2.47. The van der Waals surface area contributed by atoms with Gasteiger partial charge in [0.25, 0.3) is 5.69 Å². The van der Waals surface area contributed by atoms with Crippen molar-refractivity contribution in [1.29, 1.82) is 0 Å². The van der Waals surface area contributed by atoms with Crippen LogP contribution in [0.25, 0.3) is 0 Å². The number of nitro benzene ring substituents is 1. The molecule has 0 aromatic heterocycles. The number of rotatable bonds is 5. The van der Waals surface area contributed by atoms with Gasteiger partial charge >= 0.3 is 0 Å². The van der Waals surface area contributed by atoms with Gasteiger partial charge in [-0.25, -0.2) is 13.1 Å². The number of nitrogens with zero attached hydrogens (tertiary/aromatic N) is 1. The fourth-order valence-corrected chi connectivity index (χ4v) is 4.38. The van der Waals surface area contributed by atoms with E-state index >= 15 is 0 Å². The first kappa shape index (κ1) is 17.1. The van der Waals surface area contributed by atoms with E-state index in [1.54, 1.807) is 0 Å². The van der Waals surface area contributed by atoms with Crippen LogP contribution in [-0.4, -0.2) is 32.5 Å². The Labute approximate surface area is 134 Å². The second-order valence-corrected chi connectivity index (χ2v) is 7.48. The quantitative estimate of drug-likeness (QED) is 0.626. The molecule has 2 unspecified atom stereocenters. The van der Waals surface area contributed by atoms with Crippen LogP contribution in [0.1, 0.15) is 19.8 Å². The molecule has 0 radical (unpaired) electrons. The maximum absolute atomic E-state index is 12.4. The third-order valence-corrected chi connectivity index (χ3v) is 5.84. The van der Waals surface area contributed by atoms with Crippen LogP contribution in [0, 0.1) is 16.0 Å². The zero-order valence-electron chi connectivity index (χ0n) is 12.1. The number of hydrogen-bond donors (Lipinski definition) is 2. The molecule has 0 aliphatic carbocycles. The first-order valence-electron chi connectivity index (χ1n) is 6.98. The van der Waals surface area contributed by atoms with E-state index in [2.05, 4.69) is 10.0 Å². The molecule has 7 nitrogen and oxygen atoms in total. The fraction of sp³-hybridized carbons (Fsp3) is 0.538. The summed E-state index contributed by atoms with van der Waals surface area (Å²) in [5, 5.41) is 13.8. The lowest BCUT2D eigenvalue weighted by atomic mass is 9.94. The summed E-state index contributed by atoms with van der Waals surface area (Å²) in [5.74, 6) is 0.209. The number of sulfonamides is 1. The van der Waals surface area contributed by atoms with Crippen molar-refractivity contribution in [3.05, 3.63) is 33.3 Å². The predicted octanol–water partition coefficient (Wildman–Crippen LogP) is 1.91. The van der Waals surface area contributed by atoms with Crippen LogP contribution in [0.15, 0.2) is 23.1 Å². The van der Waals surface area contributed by atoms with Crippen molar-refractivity contribution in [1.82, 2.24) is 10.0 Å². The minimum Gasteiger partial charge on any atom is -0.316 e. The molecule has 1 aliphatic rings. The minimum atomic E-state index is -3.81. The van der Waals surface area contributed by atoms with E-state index in [1.165, 1.54) is 0 Å². The van der Waals surface area contributed by atoms with E-state index in [4.69, 9.17) is 11.6 Å². The molecule has 1 aromatic rings. The molecule has 1 heterocycles. The van der Waals surface area contributed by atoms with E-state index in [9.17, 15) is 18.5 Å². The highest BCUT2D eigenvalue weighted by Crippen LogP contribution is 2.27. The predicted molar refractivity (Wildman–Crippen MR) is 83.5 cm³/mol. The molecule has 122 valence electrons. The lowest BCUT2D eigenvalue weighted by molar-refractivity contribution is -0.384. The molecule has 0 amide bonds. The summed E-state index contributed by atoms with van der Waals surface area (Å²) in [6.07, 6.45) is 1.96. The van der Waals surface area contributed by atoms with Crippen molar-refractivity contribution >= 4 is 27.3 Å². The van der Waals surface area contributed by atoms with Gasteiger partial charge in [0.05, 0.1) is 9.95 Å². The summed E-state index contributed by atoms with van der Waals surface area (Å²) < 4.78 is 27.4. The molecular formula is C13H18ClN3O4S. The number of hydrogen-bond acceptors (Lipinski definition) is 5. The van der Waals surface area contributed by atoms with Crippen LogP contribution in [0.3, 0.4) is 0 Å². The van der Waals surface area contributed by atoms with E-state index in [0.717, 1.165) is 44.1 Å². The van der Waals surface area contributed by atoms with E-state index < -0.39 is 14.9 Å². The molecule has 1 saturated heterocycles. The highest BCUT2D eigenvalue weighted by molar-refractivity contribution is 7.89. The summed E-state index contributed by atoms with van der Waals surface area (Å²) in [7, 11) is -3.81. The molecular weight excluding hydrogens is 330 g/mol. The largest absolute Gasteiger partial charge is 0.316 e. The van der Waals surface area contributed by atoms with Gasteiger partial charge in [-0.3, -0.25) is 10.1 Å². The maximum Gasteiger partial charge on any atom is 0.271 e. The molecule has 22 heavy (non-hydrogen) atoms. The fourth-order valence-electron chi connectivity index (χ4n) is 2.53. The third kappa shape index (κ3) is 3.95. The molecule has 2 N–H and O–H groups in total. The van der Waals surface area contributed by atoms with Crippen molar-refractivity contribution in [2.24, 2.45) is 5.92 Å². The topological polar surface area (TPSA) is 101 Å². The van der Waals surface area contributed by atoms with Gasteiger partial charge in [0.15, 0.2) is 0 Å². The Morgan fingerprint density at radius 3 is 2.77 bits per heavy atom. The highest BCUT2D eigenvalue weighted by Gasteiger charge is 2.27. The second-order valence-electron chi connectivity index (χ2n) is 5.39. The van der Waals surface area contributed by atoms with Crippen LogP contribution in [0.4, 0.5) is 5.69 Å². The van der Waals surface area contributed by atoms with Crippen LogP contribution in [-0.2, 0) is 10.0 Å². The standard InChI is InChI=1S/C13H18ClN3O4S/c1-9(10-3-2-6-15-8-10)16-22(20,21)13-5-4-11(17(18)19)7-12(13)14/h4-5,7,9-10,15-16H,2-3,6,8H2,1H3. The van der Waals surface area contributed by atoms with Gasteiger partial charge in [0.1, 0.15) is 4.90 Å². The van der Waals surface area contributed by atoms with Crippen LogP contribution in [0.5, 0.6) is 0 Å². The molecule has 0 bridgehead atoms. The van der Waals surface area contributed by atoms with Crippen molar-refractivity contribution in [3.63, 3.8) is 0 Å². The zero-order chi connectivity index (χ0) is 16.3. The number of nitro groups is 1. The van der Waals surface area contributed by atoms with Gasteiger partial charge < -0.3 is 5.32 Å². The minimum absolute atomic E-state index is 0.143. The van der Waals surface area contributed by atoms with Crippen LogP contribution >= 0.6 is 11.6 Å². The molecule has 2 atom stereocenters. The molecule has 1 aliphatic heterocycles. The molecule has 0 spiro atoms. The number of nitrogens with one attached hydrogen (secondary N) is 2. The smallest absolute Gasteiger partial charge is 0.271 e. The van der Waals surface area contributed by atoms with E-state index in [-0.39, 0.29) is 27.6 Å². The van der Waals surface area contributed by atoms with Crippen LogP contribution < -0.4 is 10.0 Å². The van der Waals surface area contributed by atoms with Crippen molar-refractivity contribution in [3.8, 4) is 0 Å². The first-order chi connectivity index (χ1) is 10.3. The number of piperidine rings is 1. The molecule has 2 rings (SSSR count). The average molecular weight is 348 g/mol. The SMILES string of the molecule is CC(NS(=O)(=O)c1ccc([N+](=O)[O-])cc1Cl)C1CCCNC1. The van der Waals surface area contributed by atoms with Gasteiger partial charge in [-0.2, -0.15) is 0 Å². The van der Waals surface area contributed by atoms with Gasteiger partial charge in [-0.15, -0.1) is 0 Å². The maximum atomic E-state index is 12.4. The highest BCUT2D eigenvalue weighted by atomic mass is 35.5. The van der Waals surface area contributed by atoms with Crippen molar-refractivity contribution in [2.45, 2.75) is 30.7 Å². The monoisotopic (exact) mass is 347 g/mol. The molecule has 0 saturated carbocycles. The van der Waals surface area contributed by atoms with Gasteiger partial charge in [-0.1, -0.05) is 11.6 Å².